The van der Waals surface area contributed by atoms with Crippen LogP contribution < -0.4 is 10.5 Å². The molecule has 1 saturated heterocycles. The molecule has 0 spiro atoms. The van der Waals surface area contributed by atoms with Crippen LogP contribution in [0.15, 0.2) is 24.3 Å². The minimum atomic E-state index is 0.107. The SMILES string of the molecule is NC1CCN(C(=O)c2ccc(OCC3CCCCC3)cc2)CC1. The number of ether oxygens (including phenoxy) is 1. The molecule has 0 aromatic heterocycles. The summed E-state index contributed by atoms with van der Waals surface area (Å²) in [6.07, 6.45) is 8.40. The highest BCUT2D eigenvalue weighted by atomic mass is 16.5. The maximum atomic E-state index is 12.5. The zero-order valence-electron chi connectivity index (χ0n) is 13.9. The Kier molecular flexibility index (Phi) is 5.55. The van der Waals surface area contributed by atoms with Crippen LogP contribution in [0.3, 0.4) is 0 Å². The lowest BCUT2D eigenvalue weighted by molar-refractivity contribution is 0.0714. The number of rotatable bonds is 4. The standard InChI is InChI=1S/C19H28N2O2/c20-17-10-12-21(13-11-17)19(22)16-6-8-18(9-7-16)23-14-15-4-2-1-3-5-15/h6-9,15,17H,1-5,10-14,20H2. The number of carbonyl (C=O) groups is 1. The highest BCUT2D eigenvalue weighted by Gasteiger charge is 2.21. The predicted molar refractivity (Wildman–Crippen MR) is 91.6 cm³/mol. The van der Waals surface area contributed by atoms with E-state index in [1.165, 1.54) is 32.1 Å². The molecule has 1 aromatic rings. The number of nitrogens with two attached hydrogens (primary N) is 1. The topological polar surface area (TPSA) is 55.6 Å². The van der Waals surface area contributed by atoms with Crippen LogP contribution in [0, 0.1) is 5.92 Å². The monoisotopic (exact) mass is 316 g/mol. The molecule has 1 heterocycles. The van der Waals surface area contributed by atoms with Crippen LogP contribution in [0.1, 0.15) is 55.3 Å². The van der Waals surface area contributed by atoms with E-state index in [0.717, 1.165) is 43.9 Å². The molecule has 1 saturated carbocycles. The van der Waals surface area contributed by atoms with Crippen molar-refractivity contribution in [2.24, 2.45) is 11.7 Å². The Morgan fingerprint density at radius 2 is 1.70 bits per heavy atom. The predicted octanol–water partition coefficient (Wildman–Crippen LogP) is 3.21. The summed E-state index contributed by atoms with van der Waals surface area (Å²) in [6.45, 7) is 2.33. The van der Waals surface area contributed by atoms with Crippen LogP contribution in [0.4, 0.5) is 0 Å². The zero-order chi connectivity index (χ0) is 16.1. The van der Waals surface area contributed by atoms with E-state index in [2.05, 4.69) is 0 Å². The second kappa shape index (κ2) is 7.82. The average Bonchev–Trinajstić information content (AvgIpc) is 2.61. The van der Waals surface area contributed by atoms with Crippen LogP contribution in [0.2, 0.25) is 0 Å². The maximum Gasteiger partial charge on any atom is 0.253 e. The summed E-state index contributed by atoms with van der Waals surface area (Å²) >= 11 is 0. The molecule has 4 heteroatoms. The van der Waals surface area contributed by atoms with Gasteiger partial charge in [-0.2, -0.15) is 0 Å². The largest absolute Gasteiger partial charge is 0.493 e. The van der Waals surface area contributed by atoms with Gasteiger partial charge >= 0.3 is 0 Å². The molecule has 4 nitrogen and oxygen atoms in total. The number of nitrogens with zero attached hydrogens (tertiary/aromatic N) is 1. The lowest BCUT2D eigenvalue weighted by atomic mass is 9.90. The van der Waals surface area contributed by atoms with Gasteiger partial charge in [0.1, 0.15) is 5.75 Å². The lowest BCUT2D eigenvalue weighted by Gasteiger charge is -2.30. The van der Waals surface area contributed by atoms with E-state index < -0.39 is 0 Å². The van der Waals surface area contributed by atoms with Crippen molar-refractivity contribution >= 4 is 5.91 Å². The number of hydrogen-bond donors (Lipinski definition) is 1. The fourth-order valence-corrected chi connectivity index (χ4v) is 3.55. The van der Waals surface area contributed by atoms with Gasteiger partial charge < -0.3 is 15.4 Å². The fourth-order valence-electron chi connectivity index (χ4n) is 3.55. The number of piperidine rings is 1. The molecule has 0 unspecified atom stereocenters. The molecule has 23 heavy (non-hydrogen) atoms. The highest BCUT2D eigenvalue weighted by molar-refractivity contribution is 5.94. The smallest absolute Gasteiger partial charge is 0.253 e. The molecule has 1 aliphatic heterocycles. The van der Waals surface area contributed by atoms with Crippen LogP contribution in [0.25, 0.3) is 0 Å². The van der Waals surface area contributed by atoms with Gasteiger partial charge in [0.2, 0.25) is 0 Å². The Hall–Kier alpha value is -1.55. The van der Waals surface area contributed by atoms with E-state index in [1.807, 2.05) is 29.2 Å². The summed E-state index contributed by atoms with van der Waals surface area (Å²) in [6, 6.07) is 7.85. The number of benzene rings is 1. The summed E-state index contributed by atoms with van der Waals surface area (Å²) < 4.78 is 5.90. The van der Waals surface area contributed by atoms with Gasteiger partial charge in [0, 0.05) is 24.7 Å². The molecule has 0 radical (unpaired) electrons. The third kappa shape index (κ3) is 4.47. The van der Waals surface area contributed by atoms with Crippen molar-refractivity contribution in [3.63, 3.8) is 0 Å². The van der Waals surface area contributed by atoms with Crippen molar-refractivity contribution in [3.05, 3.63) is 29.8 Å². The Balaban J connectivity index is 1.51. The Morgan fingerprint density at radius 1 is 1.04 bits per heavy atom. The summed E-state index contributed by atoms with van der Waals surface area (Å²) in [5.41, 5.74) is 6.64. The van der Waals surface area contributed by atoms with Crippen molar-refractivity contribution in [2.45, 2.75) is 51.0 Å². The second-order valence-corrected chi connectivity index (χ2v) is 6.97. The third-order valence-corrected chi connectivity index (χ3v) is 5.14. The normalized spacial score (nSPS) is 20.5. The molecule has 2 aliphatic rings. The summed E-state index contributed by atoms with van der Waals surface area (Å²) in [4.78, 5) is 14.4. The van der Waals surface area contributed by atoms with Gasteiger partial charge in [-0.05, 0) is 55.9 Å². The summed E-state index contributed by atoms with van der Waals surface area (Å²) in [5.74, 6) is 1.67. The van der Waals surface area contributed by atoms with Crippen molar-refractivity contribution in [3.8, 4) is 5.75 Å². The van der Waals surface area contributed by atoms with Gasteiger partial charge in [0.25, 0.3) is 5.91 Å². The van der Waals surface area contributed by atoms with Crippen LogP contribution in [-0.2, 0) is 0 Å². The van der Waals surface area contributed by atoms with E-state index in [4.69, 9.17) is 10.5 Å². The number of carbonyl (C=O) groups excluding carboxylic acids is 1. The first-order valence-corrected chi connectivity index (χ1v) is 9.00. The first-order chi connectivity index (χ1) is 11.2. The first-order valence-electron chi connectivity index (χ1n) is 9.00. The van der Waals surface area contributed by atoms with Crippen molar-refractivity contribution in [1.82, 2.24) is 4.90 Å². The van der Waals surface area contributed by atoms with Crippen molar-refractivity contribution in [1.29, 1.82) is 0 Å². The molecule has 1 amide bonds. The molecule has 2 N–H and O–H groups in total. The zero-order valence-corrected chi connectivity index (χ0v) is 13.9. The molecule has 126 valence electrons. The van der Waals surface area contributed by atoms with Gasteiger partial charge in [-0.3, -0.25) is 4.79 Å². The molecule has 1 aromatic carbocycles. The van der Waals surface area contributed by atoms with Gasteiger partial charge in [-0.15, -0.1) is 0 Å². The Morgan fingerprint density at radius 3 is 2.35 bits per heavy atom. The van der Waals surface area contributed by atoms with Crippen LogP contribution in [-0.4, -0.2) is 36.5 Å². The van der Waals surface area contributed by atoms with Gasteiger partial charge in [0.15, 0.2) is 0 Å². The van der Waals surface area contributed by atoms with Crippen LogP contribution in [0.5, 0.6) is 5.75 Å². The van der Waals surface area contributed by atoms with E-state index in [1.54, 1.807) is 0 Å². The summed E-state index contributed by atoms with van der Waals surface area (Å²) in [7, 11) is 0. The molecule has 0 bridgehead atoms. The maximum absolute atomic E-state index is 12.5. The van der Waals surface area contributed by atoms with Gasteiger partial charge in [0.05, 0.1) is 6.61 Å². The molecule has 3 rings (SSSR count). The van der Waals surface area contributed by atoms with E-state index in [0.29, 0.717) is 5.92 Å². The van der Waals surface area contributed by atoms with Crippen LogP contribution >= 0.6 is 0 Å². The Bertz CT molecular complexity index is 501. The van der Waals surface area contributed by atoms with Gasteiger partial charge in [-0.25, -0.2) is 0 Å². The molecular formula is C19H28N2O2. The number of amides is 1. The van der Waals surface area contributed by atoms with E-state index in [9.17, 15) is 4.79 Å². The highest BCUT2D eigenvalue weighted by Crippen LogP contribution is 2.25. The van der Waals surface area contributed by atoms with E-state index in [-0.39, 0.29) is 11.9 Å². The number of hydrogen-bond acceptors (Lipinski definition) is 3. The van der Waals surface area contributed by atoms with Crippen molar-refractivity contribution < 1.29 is 9.53 Å². The van der Waals surface area contributed by atoms with Gasteiger partial charge in [-0.1, -0.05) is 19.3 Å². The third-order valence-electron chi connectivity index (χ3n) is 5.14. The number of likely N-dealkylation sites (tertiary alicyclic amines) is 1. The van der Waals surface area contributed by atoms with Crippen molar-refractivity contribution in [2.75, 3.05) is 19.7 Å². The fraction of sp³-hybridized carbons (Fsp3) is 0.632. The molecule has 1 aliphatic carbocycles. The minimum absolute atomic E-state index is 0.107. The molecule has 0 atom stereocenters. The van der Waals surface area contributed by atoms with E-state index >= 15 is 0 Å². The quantitative estimate of drug-likeness (QED) is 0.928. The minimum Gasteiger partial charge on any atom is -0.493 e. The summed E-state index contributed by atoms with van der Waals surface area (Å²) in [5, 5.41) is 0. The lowest BCUT2D eigenvalue weighted by Crippen LogP contribution is -2.42. The average molecular weight is 316 g/mol. The molecular weight excluding hydrogens is 288 g/mol. The second-order valence-electron chi connectivity index (χ2n) is 6.97. The Labute approximate surface area is 139 Å². The molecule has 2 fully saturated rings. The first kappa shape index (κ1) is 16.3.